The number of carbonyl (C=O) groups excluding carboxylic acids is 1. The van der Waals surface area contributed by atoms with Crippen molar-refractivity contribution in [2.24, 2.45) is 0 Å². The minimum Gasteiger partial charge on any atom is -0.378 e. The van der Waals surface area contributed by atoms with E-state index in [9.17, 15) is 13.2 Å². The van der Waals surface area contributed by atoms with Gasteiger partial charge >= 0.3 is 0 Å². The Morgan fingerprint density at radius 2 is 1.76 bits per heavy atom. The van der Waals surface area contributed by atoms with Crippen molar-refractivity contribution in [3.63, 3.8) is 0 Å². The van der Waals surface area contributed by atoms with Crippen LogP contribution in [0.15, 0.2) is 42.5 Å². The second-order valence-corrected chi connectivity index (χ2v) is 7.97. The molecule has 0 saturated carbocycles. The first kappa shape index (κ1) is 19.1. The van der Waals surface area contributed by atoms with Crippen LogP contribution in [0.3, 0.4) is 0 Å². The normalized spacial score (nSPS) is 11.0. The summed E-state index contributed by atoms with van der Waals surface area (Å²) in [5, 5.41) is 2.97. The molecule has 0 fully saturated rings. The molecule has 0 atom stereocenters. The van der Waals surface area contributed by atoms with Crippen LogP contribution in [0.25, 0.3) is 0 Å². The third-order valence-corrected chi connectivity index (χ3v) is 4.34. The maximum atomic E-state index is 12.3. The lowest BCUT2D eigenvalue weighted by atomic mass is 10.1. The van der Waals surface area contributed by atoms with Gasteiger partial charge in [-0.25, -0.2) is 8.42 Å². The summed E-state index contributed by atoms with van der Waals surface area (Å²) in [5.74, 6) is -0.326. The fraction of sp³-hybridized carbons (Fsp3) is 0.235. The van der Waals surface area contributed by atoms with Gasteiger partial charge in [-0.3, -0.25) is 9.52 Å². The molecule has 0 aliphatic carbocycles. The second kappa shape index (κ2) is 7.76. The van der Waals surface area contributed by atoms with Crippen molar-refractivity contribution in [3.05, 3.63) is 58.6 Å². The van der Waals surface area contributed by atoms with Crippen molar-refractivity contribution in [2.45, 2.75) is 6.54 Å². The molecule has 8 heteroatoms. The monoisotopic (exact) mass is 381 g/mol. The van der Waals surface area contributed by atoms with Crippen LogP contribution in [0.4, 0.5) is 11.4 Å². The molecule has 2 N–H and O–H groups in total. The molecular weight excluding hydrogens is 362 g/mol. The molecule has 0 heterocycles. The van der Waals surface area contributed by atoms with E-state index in [-0.39, 0.29) is 16.5 Å². The van der Waals surface area contributed by atoms with Crippen molar-refractivity contribution >= 4 is 38.9 Å². The van der Waals surface area contributed by atoms with Gasteiger partial charge in [0.15, 0.2) is 0 Å². The number of benzene rings is 2. The Hall–Kier alpha value is -2.25. The molecule has 0 aliphatic rings. The molecule has 0 spiro atoms. The lowest BCUT2D eigenvalue weighted by Crippen LogP contribution is -2.23. The molecular formula is C17H20ClN3O3S. The van der Waals surface area contributed by atoms with Gasteiger partial charge in [-0.15, -0.1) is 0 Å². The zero-order chi connectivity index (χ0) is 18.6. The summed E-state index contributed by atoms with van der Waals surface area (Å²) >= 11 is 6.09. The van der Waals surface area contributed by atoms with Crippen LogP contribution in [0.2, 0.25) is 5.02 Å². The van der Waals surface area contributed by atoms with Gasteiger partial charge in [-0.05, 0) is 35.9 Å². The van der Waals surface area contributed by atoms with Gasteiger partial charge in [0.25, 0.3) is 5.91 Å². The third-order valence-electron chi connectivity index (χ3n) is 3.42. The highest BCUT2D eigenvalue weighted by atomic mass is 35.5. The van der Waals surface area contributed by atoms with E-state index in [1.54, 1.807) is 0 Å². The summed E-state index contributed by atoms with van der Waals surface area (Å²) in [4.78, 5) is 14.3. The predicted octanol–water partition coefficient (Wildman–Crippen LogP) is 2.71. The Balaban J connectivity index is 2.03. The van der Waals surface area contributed by atoms with Crippen molar-refractivity contribution in [2.75, 3.05) is 30.0 Å². The first-order valence-corrected chi connectivity index (χ1v) is 9.74. The molecule has 6 nitrogen and oxygen atoms in total. The molecule has 0 radical (unpaired) electrons. The van der Waals surface area contributed by atoms with Gasteiger partial charge in [0.1, 0.15) is 0 Å². The van der Waals surface area contributed by atoms with Gasteiger partial charge < -0.3 is 10.2 Å². The van der Waals surface area contributed by atoms with Crippen LogP contribution in [0.5, 0.6) is 0 Å². The Labute approximate surface area is 152 Å². The molecule has 0 unspecified atom stereocenters. The largest absolute Gasteiger partial charge is 0.378 e. The molecule has 2 aromatic carbocycles. The Bertz CT molecular complexity index is 865. The van der Waals surface area contributed by atoms with E-state index in [1.807, 2.05) is 43.3 Å². The van der Waals surface area contributed by atoms with E-state index in [0.29, 0.717) is 12.2 Å². The van der Waals surface area contributed by atoms with Gasteiger partial charge in [0.05, 0.1) is 16.8 Å². The summed E-state index contributed by atoms with van der Waals surface area (Å²) in [7, 11) is 0.523. The van der Waals surface area contributed by atoms with Gasteiger partial charge in [-0.2, -0.15) is 0 Å². The van der Waals surface area contributed by atoms with Crippen molar-refractivity contribution in [1.82, 2.24) is 5.32 Å². The number of sulfonamides is 1. The fourth-order valence-electron chi connectivity index (χ4n) is 2.17. The van der Waals surface area contributed by atoms with E-state index >= 15 is 0 Å². The zero-order valence-corrected chi connectivity index (χ0v) is 15.8. The second-order valence-electron chi connectivity index (χ2n) is 5.81. The van der Waals surface area contributed by atoms with Crippen LogP contribution in [-0.2, 0) is 16.6 Å². The highest BCUT2D eigenvalue weighted by molar-refractivity contribution is 7.92. The van der Waals surface area contributed by atoms with Gasteiger partial charge in [0.2, 0.25) is 10.0 Å². The number of hydrogen-bond acceptors (Lipinski definition) is 4. The van der Waals surface area contributed by atoms with E-state index in [1.165, 1.54) is 18.2 Å². The number of nitrogens with zero attached hydrogens (tertiary/aromatic N) is 1. The molecule has 134 valence electrons. The SMILES string of the molecule is CN(C)c1ccc(CNC(=O)c2ccc(NS(C)(=O)=O)cc2Cl)cc1. The molecule has 0 aromatic heterocycles. The molecule has 0 aliphatic heterocycles. The minimum atomic E-state index is -3.40. The van der Waals surface area contributed by atoms with Gasteiger partial charge in [-0.1, -0.05) is 23.7 Å². The van der Waals surface area contributed by atoms with Crippen molar-refractivity contribution in [3.8, 4) is 0 Å². The molecule has 1 amide bonds. The van der Waals surface area contributed by atoms with Crippen LogP contribution in [0, 0.1) is 0 Å². The quantitative estimate of drug-likeness (QED) is 0.806. The molecule has 0 bridgehead atoms. The number of rotatable bonds is 6. The molecule has 2 aromatic rings. The average molecular weight is 382 g/mol. The van der Waals surface area contributed by atoms with E-state index in [0.717, 1.165) is 17.5 Å². The fourth-order valence-corrected chi connectivity index (χ4v) is 2.99. The van der Waals surface area contributed by atoms with E-state index in [2.05, 4.69) is 10.0 Å². The Kier molecular flexibility index (Phi) is 5.92. The Morgan fingerprint density at radius 1 is 1.12 bits per heavy atom. The smallest absolute Gasteiger partial charge is 0.253 e. The summed E-state index contributed by atoms with van der Waals surface area (Å²) in [6.45, 7) is 0.367. The molecule has 0 saturated heterocycles. The number of halogens is 1. The summed E-state index contributed by atoms with van der Waals surface area (Å²) in [6.07, 6.45) is 1.04. The average Bonchev–Trinajstić information content (AvgIpc) is 2.51. The van der Waals surface area contributed by atoms with Crippen molar-refractivity contribution < 1.29 is 13.2 Å². The van der Waals surface area contributed by atoms with E-state index < -0.39 is 10.0 Å². The minimum absolute atomic E-state index is 0.175. The summed E-state index contributed by atoms with van der Waals surface area (Å²) < 4.78 is 24.8. The lowest BCUT2D eigenvalue weighted by Gasteiger charge is -2.13. The van der Waals surface area contributed by atoms with Crippen LogP contribution in [0.1, 0.15) is 15.9 Å². The summed E-state index contributed by atoms with van der Waals surface area (Å²) in [5.41, 5.74) is 2.63. The number of nitrogens with one attached hydrogen (secondary N) is 2. The van der Waals surface area contributed by atoms with Crippen molar-refractivity contribution in [1.29, 1.82) is 0 Å². The standard InChI is InChI=1S/C17H20ClN3O3S/c1-21(2)14-7-4-12(5-8-14)11-19-17(22)15-9-6-13(10-16(15)18)20-25(3,23)24/h4-10,20H,11H2,1-3H3,(H,19,22). The Morgan fingerprint density at radius 3 is 2.28 bits per heavy atom. The highest BCUT2D eigenvalue weighted by Crippen LogP contribution is 2.22. The lowest BCUT2D eigenvalue weighted by molar-refractivity contribution is 0.0951. The van der Waals surface area contributed by atoms with Crippen LogP contribution in [-0.4, -0.2) is 34.7 Å². The van der Waals surface area contributed by atoms with Crippen LogP contribution >= 0.6 is 11.6 Å². The van der Waals surface area contributed by atoms with Crippen LogP contribution < -0.4 is 14.9 Å². The maximum Gasteiger partial charge on any atom is 0.253 e. The predicted molar refractivity (Wildman–Crippen MR) is 102 cm³/mol. The first-order chi connectivity index (χ1) is 11.7. The highest BCUT2D eigenvalue weighted by Gasteiger charge is 2.12. The number of hydrogen-bond donors (Lipinski definition) is 2. The molecule has 2 rings (SSSR count). The van der Waals surface area contributed by atoms with Gasteiger partial charge in [0, 0.05) is 32.0 Å². The molecule has 25 heavy (non-hydrogen) atoms. The maximum absolute atomic E-state index is 12.3. The number of carbonyl (C=O) groups is 1. The summed E-state index contributed by atoms with van der Waals surface area (Å²) in [6, 6.07) is 12.2. The number of anilines is 2. The third kappa shape index (κ3) is 5.65. The van der Waals surface area contributed by atoms with E-state index in [4.69, 9.17) is 11.6 Å². The first-order valence-electron chi connectivity index (χ1n) is 7.47. The topological polar surface area (TPSA) is 78.5 Å². The zero-order valence-electron chi connectivity index (χ0n) is 14.2. The number of amides is 1.